The number of allylic oxidation sites excluding steroid dienone is 1. The lowest BCUT2D eigenvalue weighted by Gasteiger charge is -2.29. The van der Waals surface area contributed by atoms with Crippen molar-refractivity contribution in [3.63, 3.8) is 0 Å². The summed E-state index contributed by atoms with van der Waals surface area (Å²) >= 11 is 0. The van der Waals surface area contributed by atoms with Crippen LogP contribution in [0.15, 0.2) is 35.5 Å². The largest absolute Gasteiger partial charge is 0.493 e. The molecule has 1 aliphatic heterocycles. The smallest absolute Gasteiger partial charge is 0.338 e. The molecule has 6 heteroatoms. The van der Waals surface area contributed by atoms with E-state index in [-0.39, 0.29) is 12.6 Å². The molecule has 1 heterocycles. The third-order valence-corrected chi connectivity index (χ3v) is 3.75. The lowest BCUT2D eigenvalue weighted by atomic mass is 9.95. The van der Waals surface area contributed by atoms with E-state index in [1.54, 1.807) is 13.8 Å². The Labute approximate surface area is 142 Å². The number of carbonyl (C=O) groups excluding carboxylic acids is 2. The molecule has 0 aromatic heterocycles. The monoisotopic (exact) mass is 332 g/mol. The molecule has 1 aromatic carbocycles. The number of para-hydroxylation sites is 1. The number of carbonyl (C=O) groups is 2. The van der Waals surface area contributed by atoms with Gasteiger partial charge in [0.1, 0.15) is 5.75 Å². The summed E-state index contributed by atoms with van der Waals surface area (Å²) in [6.45, 7) is 6.39. The van der Waals surface area contributed by atoms with Gasteiger partial charge in [-0.05, 0) is 26.3 Å². The molecule has 0 fully saturated rings. The van der Waals surface area contributed by atoms with Gasteiger partial charge in [0.2, 0.25) is 0 Å². The second-order valence-electron chi connectivity index (χ2n) is 5.53. The van der Waals surface area contributed by atoms with E-state index in [1.807, 2.05) is 24.3 Å². The van der Waals surface area contributed by atoms with Crippen LogP contribution in [0.1, 0.15) is 45.2 Å². The van der Waals surface area contributed by atoms with Gasteiger partial charge >= 0.3 is 12.0 Å². The van der Waals surface area contributed by atoms with Gasteiger partial charge in [0, 0.05) is 11.3 Å². The molecule has 24 heavy (non-hydrogen) atoms. The number of nitrogens with one attached hydrogen (secondary N) is 2. The zero-order valence-electron chi connectivity index (χ0n) is 14.3. The highest BCUT2D eigenvalue weighted by Crippen LogP contribution is 2.33. The molecule has 2 rings (SSSR count). The normalized spacial score (nSPS) is 17.1. The number of unbranched alkanes of at least 4 members (excludes halogenated alkanes) is 1. The van der Waals surface area contributed by atoms with E-state index < -0.39 is 12.0 Å². The average molecular weight is 332 g/mol. The summed E-state index contributed by atoms with van der Waals surface area (Å²) in [6.07, 6.45) is 1.96. The van der Waals surface area contributed by atoms with Crippen molar-refractivity contribution in [1.82, 2.24) is 10.6 Å². The van der Waals surface area contributed by atoms with Crippen LogP contribution < -0.4 is 15.4 Å². The highest BCUT2D eigenvalue weighted by atomic mass is 16.5. The molecule has 130 valence electrons. The van der Waals surface area contributed by atoms with E-state index in [1.165, 1.54) is 0 Å². The predicted molar refractivity (Wildman–Crippen MR) is 90.6 cm³/mol. The number of benzene rings is 1. The highest BCUT2D eigenvalue weighted by molar-refractivity contribution is 5.95. The van der Waals surface area contributed by atoms with Gasteiger partial charge in [-0.3, -0.25) is 0 Å². The standard InChI is InChI=1S/C18H24N2O4/c1-4-6-11-24-14-10-8-7-9-13(14)16-15(17(21)23-5-2)12(3)19-18(22)20-16/h7-10,16H,4-6,11H2,1-3H3,(H2,19,20,22). The molecule has 0 spiro atoms. The molecule has 0 saturated carbocycles. The number of ether oxygens (including phenoxy) is 2. The third-order valence-electron chi connectivity index (χ3n) is 3.75. The fraction of sp³-hybridized carbons (Fsp3) is 0.444. The van der Waals surface area contributed by atoms with Gasteiger partial charge in [-0.1, -0.05) is 31.5 Å². The molecule has 1 atom stereocenters. The molecular weight excluding hydrogens is 308 g/mol. The van der Waals surface area contributed by atoms with Crippen molar-refractivity contribution in [3.05, 3.63) is 41.1 Å². The van der Waals surface area contributed by atoms with Gasteiger partial charge in [-0.15, -0.1) is 0 Å². The number of hydrogen-bond acceptors (Lipinski definition) is 4. The minimum absolute atomic E-state index is 0.269. The van der Waals surface area contributed by atoms with Gasteiger partial charge in [0.05, 0.1) is 24.8 Å². The lowest BCUT2D eigenvalue weighted by Crippen LogP contribution is -2.45. The second kappa shape index (κ2) is 8.38. The molecular formula is C18H24N2O4. The molecule has 1 unspecified atom stereocenters. The molecule has 2 amide bonds. The number of hydrogen-bond donors (Lipinski definition) is 2. The molecule has 0 aliphatic carbocycles. The first-order chi connectivity index (χ1) is 11.6. The first-order valence-electron chi connectivity index (χ1n) is 8.25. The van der Waals surface area contributed by atoms with Gasteiger partial charge in [-0.25, -0.2) is 9.59 Å². The van der Waals surface area contributed by atoms with Gasteiger partial charge in [0.15, 0.2) is 0 Å². The Kier molecular flexibility index (Phi) is 6.23. The van der Waals surface area contributed by atoms with E-state index in [4.69, 9.17) is 9.47 Å². The highest BCUT2D eigenvalue weighted by Gasteiger charge is 2.33. The molecule has 1 aromatic rings. The van der Waals surface area contributed by atoms with Crippen LogP contribution in [-0.2, 0) is 9.53 Å². The SMILES string of the molecule is CCCCOc1ccccc1C1NC(=O)NC(C)=C1C(=O)OCC. The molecule has 0 bridgehead atoms. The fourth-order valence-electron chi connectivity index (χ4n) is 2.58. The van der Waals surface area contributed by atoms with Crippen LogP contribution >= 0.6 is 0 Å². The van der Waals surface area contributed by atoms with Crippen molar-refractivity contribution in [2.75, 3.05) is 13.2 Å². The maximum absolute atomic E-state index is 12.4. The lowest BCUT2D eigenvalue weighted by molar-refractivity contribution is -0.139. The Morgan fingerprint density at radius 1 is 1.25 bits per heavy atom. The van der Waals surface area contributed by atoms with Gasteiger partial charge in [-0.2, -0.15) is 0 Å². The Morgan fingerprint density at radius 2 is 2.00 bits per heavy atom. The maximum atomic E-state index is 12.4. The molecule has 0 saturated heterocycles. The maximum Gasteiger partial charge on any atom is 0.338 e. The van der Waals surface area contributed by atoms with Crippen LogP contribution in [0.5, 0.6) is 5.75 Å². The van der Waals surface area contributed by atoms with Crippen molar-refractivity contribution < 1.29 is 19.1 Å². The summed E-state index contributed by atoms with van der Waals surface area (Å²) in [5.74, 6) is 0.212. The number of amides is 2. The van der Waals surface area contributed by atoms with Crippen molar-refractivity contribution in [2.45, 2.75) is 39.7 Å². The molecule has 6 nitrogen and oxygen atoms in total. The van der Waals surface area contributed by atoms with Crippen molar-refractivity contribution in [3.8, 4) is 5.75 Å². The van der Waals surface area contributed by atoms with Crippen LogP contribution in [0.3, 0.4) is 0 Å². The zero-order chi connectivity index (χ0) is 17.5. The number of urea groups is 1. The number of rotatable bonds is 7. The fourth-order valence-corrected chi connectivity index (χ4v) is 2.58. The van der Waals surface area contributed by atoms with Gasteiger partial charge < -0.3 is 20.1 Å². The summed E-state index contributed by atoms with van der Waals surface area (Å²) in [4.78, 5) is 24.3. The Morgan fingerprint density at radius 3 is 2.71 bits per heavy atom. The van der Waals surface area contributed by atoms with E-state index in [9.17, 15) is 9.59 Å². The van der Waals surface area contributed by atoms with Gasteiger partial charge in [0.25, 0.3) is 0 Å². The van der Waals surface area contributed by atoms with E-state index >= 15 is 0 Å². The summed E-state index contributed by atoms with van der Waals surface area (Å²) in [5, 5.41) is 5.42. The minimum atomic E-state index is -0.601. The van der Waals surface area contributed by atoms with Crippen molar-refractivity contribution in [1.29, 1.82) is 0 Å². The van der Waals surface area contributed by atoms with Crippen LogP contribution in [0.2, 0.25) is 0 Å². The summed E-state index contributed by atoms with van der Waals surface area (Å²) < 4.78 is 11.0. The Hall–Kier alpha value is -2.50. The number of esters is 1. The van der Waals surface area contributed by atoms with Crippen LogP contribution in [0.4, 0.5) is 4.79 Å². The van der Waals surface area contributed by atoms with Crippen LogP contribution in [0, 0.1) is 0 Å². The topological polar surface area (TPSA) is 76.7 Å². The minimum Gasteiger partial charge on any atom is -0.493 e. The summed E-state index contributed by atoms with van der Waals surface area (Å²) in [5.41, 5.74) is 1.62. The molecule has 0 radical (unpaired) electrons. The average Bonchev–Trinajstić information content (AvgIpc) is 2.55. The Balaban J connectivity index is 2.38. The quantitative estimate of drug-likeness (QED) is 0.594. The Bertz CT molecular complexity index is 640. The second-order valence-corrected chi connectivity index (χ2v) is 5.53. The zero-order valence-corrected chi connectivity index (χ0v) is 14.3. The van der Waals surface area contributed by atoms with E-state index in [0.717, 1.165) is 18.4 Å². The molecule has 1 aliphatic rings. The summed E-state index contributed by atoms with van der Waals surface area (Å²) in [6, 6.07) is 6.47. The first kappa shape index (κ1) is 17.8. The molecule has 2 N–H and O–H groups in total. The third kappa shape index (κ3) is 4.07. The van der Waals surface area contributed by atoms with Crippen LogP contribution in [-0.4, -0.2) is 25.2 Å². The van der Waals surface area contributed by atoms with E-state index in [0.29, 0.717) is 23.6 Å². The van der Waals surface area contributed by atoms with Crippen LogP contribution in [0.25, 0.3) is 0 Å². The van der Waals surface area contributed by atoms with Crippen molar-refractivity contribution in [2.24, 2.45) is 0 Å². The predicted octanol–water partition coefficient (Wildman–Crippen LogP) is 3.06. The first-order valence-corrected chi connectivity index (χ1v) is 8.25. The summed E-state index contributed by atoms with van der Waals surface area (Å²) in [7, 11) is 0. The van der Waals surface area contributed by atoms with Crippen molar-refractivity contribution >= 4 is 12.0 Å². The van der Waals surface area contributed by atoms with E-state index in [2.05, 4.69) is 17.6 Å².